The molecule has 0 saturated heterocycles. The molecule has 3 heteroatoms. The van der Waals surface area contributed by atoms with Crippen molar-refractivity contribution in [1.82, 2.24) is 5.32 Å². The van der Waals surface area contributed by atoms with Crippen LogP contribution in [-0.4, -0.2) is 6.54 Å². The number of halogens is 2. The maximum absolute atomic E-state index is 12.9. The summed E-state index contributed by atoms with van der Waals surface area (Å²) >= 11 is 5.72. The highest BCUT2D eigenvalue weighted by molar-refractivity contribution is 6.30. The van der Waals surface area contributed by atoms with Gasteiger partial charge in [0.2, 0.25) is 0 Å². The first-order valence-electron chi connectivity index (χ1n) is 4.81. The van der Waals surface area contributed by atoms with Crippen molar-refractivity contribution in [3.05, 3.63) is 34.6 Å². The number of hydrogen-bond acceptors (Lipinski definition) is 1. The third kappa shape index (κ3) is 4.83. The molecule has 0 saturated carbocycles. The average Bonchev–Trinajstić information content (AvgIpc) is 2.16. The van der Waals surface area contributed by atoms with Gasteiger partial charge in [0.15, 0.2) is 0 Å². The molecule has 0 aliphatic carbocycles. The molecule has 0 radical (unpaired) electrons. The van der Waals surface area contributed by atoms with Crippen LogP contribution >= 0.6 is 11.6 Å². The molecule has 0 fully saturated rings. The Labute approximate surface area is 94.6 Å². The molecule has 0 aliphatic heterocycles. The Hall–Kier alpha value is -1.04. The van der Waals surface area contributed by atoms with Crippen LogP contribution in [0.1, 0.15) is 18.4 Å². The summed E-state index contributed by atoms with van der Waals surface area (Å²) in [6.45, 7) is 1.44. The van der Waals surface area contributed by atoms with E-state index in [2.05, 4.69) is 11.2 Å². The zero-order chi connectivity index (χ0) is 11.1. The first-order valence-corrected chi connectivity index (χ1v) is 5.19. The summed E-state index contributed by atoms with van der Waals surface area (Å²) in [5, 5.41) is 3.60. The van der Waals surface area contributed by atoms with Gasteiger partial charge in [0.1, 0.15) is 5.82 Å². The minimum absolute atomic E-state index is 0.303. The van der Waals surface area contributed by atoms with Gasteiger partial charge < -0.3 is 5.32 Å². The quantitative estimate of drug-likeness (QED) is 0.600. The van der Waals surface area contributed by atoms with E-state index in [1.807, 2.05) is 0 Å². The standard InChI is InChI=1S/C12H13ClFN/c1-2-3-4-5-15-9-10-6-11(13)8-12(14)7-10/h1,6-8,15H,3-5,9H2. The summed E-state index contributed by atoms with van der Waals surface area (Å²) in [5.74, 6) is 2.26. The van der Waals surface area contributed by atoms with Gasteiger partial charge in [0.25, 0.3) is 0 Å². The van der Waals surface area contributed by atoms with E-state index in [9.17, 15) is 4.39 Å². The molecule has 0 amide bonds. The summed E-state index contributed by atoms with van der Waals surface area (Å²) in [6.07, 6.45) is 6.81. The zero-order valence-electron chi connectivity index (χ0n) is 8.39. The predicted molar refractivity (Wildman–Crippen MR) is 61.2 cm³/mol. The molecule has 0 aliphatic rings. The second kappa shape index (κ2) is 6.44. The van der Waals surface area contributed by atoms with Crippen molar-refractivity contribution in [2.75, 3.05) is 6.54 Å². The van der Waals surface area contributed by atoms with Crippen LogP contribution in [0.25, 0.3) is 0 Å². The fourth-order valence-electron chi connectivity index (χ4n) is 1.26. The topological polar surface area (TPSA) is 12.0 Å². The van der Waals surface area contributed by atoms with Crippen molar-refractivity contribution in [3.8, 4) is 12.3 Å². The lowest BCUT2D eigenvalue weighted by Gasteiger charge is -2.04. The van der Waals surface area contributed by atoms with Gasteiger partial charge in [-0.2, -0.15) is 0 Å². The number of benzene rings is 1. The lowest BCUT2D eigenvalue weighted by atomic mass is 10.2. The number of terminal acetylenes is 1. The zero-order valence-corrected chi connectivity index (χ0v) is 9.15. The van der Waals surface area contributed by atoms with Gasteiger partial charge in [-0.25, -0.2) is 4.39 Å². The number of rotatable bonds is 5. The molecule has 1 aromatic carbocycles. The Kier molecular flexibility index (Phi) is 5.17. The second-order valence-corrected chi connectivity index (χ2v) is 3.70. The molecule has 80 valence electrons. The molecule has 1 nitrogen and oxygen atoms in total. The van der Waals surface area contributed by atoms with E-state index >= 15 is 0 Å². The van der Waals surface area contributed by atoms with Gasteiger partial charge in [-0.15, -0.1) is 12.3 Å². The highest BCUT2D eigenvalue weighted by atomic mass is 35.5. The van der Waals surface area contributed by atoms with Crippen LogP contribution in [0.2, 0.25) is 5.02 Å². The molecular weight excluding hydrogens is 213 g/mol. The van der Waals surface area contributed by atoms with Crippen molar-refractivity contribution in [2.24, 2.45) is 0 Å². The molecule has 1 rings (SSSR count). The Morgan fingerprint density at radius 1 is 1.40 bits per heavy atom. The molecule has 1 N–H and O–H groups in total. The first-order chi connectivity index (χ1) is 7.22. The monoisotopic (exact) mass is 225 g/mol. The van der Waals surface area contributed by atoms with Crippen LogP contribution in [0.4, 0.5) is 4.39 Å². The molecule has 0 heterocycles. The lowest BCUT2D eigenvalue weighted by Crippen LogP contribution is -2.14. The van der Waals surface area contributed by atoms with Gasteiger partial charge in [0, 0.05) is 18.0 Å². The number of hydrogen-bond donors (Lipinski definition) is 1. The minimum Gasteiger partial charge on any atom is -0.313 e. The maximum atomic E-state index is 12.9. The van der Waals surface area contributed by atoms with Crippen molar-refractivity contribution in [3.63, 3.8) is 0 Å². The molecule has 0 bridgehead atoms. The van der Waals surface area contributed by atoms with Crippen LogP contribution in [-0.2, 0) is 6.54 Å². The van der Waals surface area contributed by atoms with Crippen molar-refractivity contribution in [2.45, 2.75) is 19.4 Å². The van der Waals surface area contributed by atoms with E-state index in [-0.39, 0.29) is 5.82 Å². The smallest absolute Gasteiger partial charge is 0.125 e. The second-order valence-electron chi connectivity index (χ2n) is 3.26. The van der Waals surface area contributed by atoms with E-state index in [1.165, 1.54) is 12.1 Å². The fraction of sp³-hybridized carbons (Fsp3) is 0.333. The van der Waals surface area contributed by atoms with Gasteiger partial charge in [0.05, 0.1) is 0 Å². The molecule has 0 atom stereocenters. The fourth-order valence-corrected chi connectivity index (χ4v) is 1.51. The predicted octanol–water partition coefficient (Wildman–Crippen LogP) is 2.98. The molecule has 1 aromatic rings. The lowest BCUT2D eigenvalue weighted by molar-refractivity contribution is 0.617. The molecule has 0 spiro atoms. The highest BCUT2D eigenvalue weighted by Gasteiger charge is 1.98. The Balaban J connectivity index is 2.34. The van der Waals surface area contributed by atoms with Crippen LogP contribution in [0.5, 0.6) is 0 Å². The highest BCUT2D eigenvalue weighted by Crippen LogP contribution is 2.13. The van der Waals surface area contributed by atoms with Gasteiger partial charge >= 0.3 is 0 Å². The van der Waals surface area contributed by atoms with E-state index in [0.29, 0.717) is 11.6 Å². The number of nitrogens with one attached hydrogen (secondary N) is 1. The summed E-state index contributed by atoms with van der Waals surface area (Å²) in [5.41, 5.74) is 0.848. The minimum atomic E-state index is -0.303. The third-order valence-corrected chi connectivity index (χ3v) is 2.14. The SMILES string of the molecule is C#CCCCNCc1cc(F)cc(Cl)c1. The number of unbranched alkanes of at least 4 members (excludes halogenated alkanes) is 1. The summed E-state index contributed by atoms with van der Waals surface area (Å²) < 4.78 is 12.9. The third-order valence-electron chi connectivity index (χ3n) is 1.93. The normalized spacial score (nSPS) is 9.93. The first kappa shape index (κ1) is 12.0. The maximum Gasteiger partial charge on any atom is 0.125 e. The molecule has 15 heavy (non-hydrogen) atoms. The molecular formula is C12H13ClFN. The molecule has 0 unspecified atom stereocenters. The largest absolute Gasteiger partial charge is 0.313 e. The van der Waals surface area contributed by atoms with Crippen LogP contribution in [0, 0.1) is 18.2 Å². The van der Waals surface area contributed by atoms with Gasteiger partial charge in [-0.1, -0.05) is 11.6 Å². The van der Waals surface area contributed by atoms with Crippen LogP contribution in [0.15, 0.2) is 18.2 Å². The van der Waals surface area contributed by atoms with Crippen molar-refractivity contribution in [1.29, 1.82) is 0 Å². The summed E-state index contributed by atoms with van der Waals surface area (Å²) in [7, 11) is 0. The van der Waals surface area contributed by atoms with Gasteiger partial charge in [-0.3, -0.25) is 0 Å². The molecule has 0 aromatic heterocycles. The summed E-state index contributed by atoms with van der Waals surface area (Å²) in [4.78, 5) is 0. The summed E-state index contributed by atoms with van der Waals surface area (Å²) in [6, 6.07) is 4.52. The van der Waals surface area contributed by atoms with Gasteiger partial charge in [-0.05, 0) is 36.7 Å². The van der Waals surface area contributed by atoms with Crippen molar-refractivity contribution >= 4 is 11.6 Å². The Bertz CT molecular complexity index is 337. The van der Waals surface area contributed by atoms with Crippen LogP contribution in [0.3, 0.4) is 0 Å². The Morgan fingerprint density at radius 3 is 2.87 bits per heavy atom. The Morgan fingerprint density at radius 2 is 2.20 bits per heavy atom. The van der Waals surface area contributed by atoms with E-state index in [4.69, 9.17) is 18.0 Å². The van der Waals surface area contributed by atoms with E-state index < -0.39 is 0 Å². The van der Waals surface area contributed by atoms with E-state index in [0.717, 1.165) is 24.9 Å². The van der Waals surface area contributed by atoms with E-state index in [1.54, 1.807) is 6.07 Å². The average molecular weight is 226 g/mol. The van der Waals surface area contributed by atoms with Crippen LogP contribution < -0.4 is 5.32 Å². The van der Waals surface area contributed by atoms with Crippen molar-refractivity contribution < 1.29 is 4.39 Å².